The number of piperidine rings is 3. The van der Waals surface area contributed by atoms with Gasteiger partial charge in [0.1, 0.15) is 0 Å². The van der Waals surface area contributed by atoms with Crippen LogP contribution in [0.2, 0.25) is 0 Å². The molecule has 1 unspecified atom stereocenters. The van der Waals surface area contributed by atoms with Gasteiger partial charge in [-0.05, 0) is 73.4 Å². The Morgan fingerprint density at radius 1 is 0.724 bits per heavy atom. The molecule has 3 aliphatic heterocycles. The fraction of sp³-hybridized carbons (Fsp3) is 0.333. The fourth-order valence-electron chi connectivity index (χ4n) is 5.61. The maximum Gasteiger partial charge on any atom is 0.0506 e. The minimum Gasteiger partial charge on any atom is -0.293 e. The Bertz CT molecular complexity index is 916. The van der Waals surface area contributed by atoms with Crippen LogP contribution in [0, 0.1) is 5.92 Å². The molecule has 0 radical (unpaired) electrons. The van der Waals surface area contributed by atoms with Crippen molar-refractivity contribution < 1.29 is 0 Å². The average Bonchev–Trinajstić information content (AvgIpc) is 2.76. The molecule has 3 aromatic rings. The molecular formula is C27H30ClN. The van der Waals surface area contributed by atoms with Crippen LogP contribution in [0.4, 0.5) is 0 Å². The van der Waals surface area contributed by atoms with Crippen molar-refractivity contribution in [2.75, 3.05) is 13.1 Å². The zero-order valence-electron chi connectivity index (χ0n) is 17.0. The lowest BCUT2D eigenvalue weighted by Crippen LogP contribution is -2.57. The number of benzene rings is 3. The highest BCUT2D eigenvalue weighted by Crippen LogP contribution is 2.48. The van der Waals surface area contributed by atoms with Crippen LogP contribution in [0.1, 0.15) is 41.5 Å². The van der Waals surface area contributed by atoms with Crippen molar-refractivity contribution in [1.82, 2.24) is 4.90 Å². The second kappa shape index (κ2) is 8.73. The van der Waals surface area contributed by atoms with E-state index in [1.807, 2.05) is 0 Å². The third-order valence-electron chi connectivity index (χ3n) is 6.94. The van der Waals surface area contributed by atoms with Gasteiger partial charge in [-0.25, -0.2) is 0 Å². The molecule has 3 saturated heterocycles. The molecule has 1 nitrogen and oxygen atoms in total. The molecule has 6 rings (SSSR count). The third-order valence-corrected chi connectivity index (χ3v) is 6.94. The van der Waals surface area contributed by atoms with Crippen LogP contribution in [0.25, 0.3) is 0 Å². The van der Waals surface area contributed by atoms with Crippen LogP contribution in [0.15, 0.2) is 84.9 Å². The van der Waals surface area contributed by atoms with Crippen LogP contribution in [0.3, 0.4) is 0 Å². The van der Waals surface area contributed by atoms with Crippen LogP contribution in [-0.4, -0.2) is 18.0 Å². The number of hydrogen-bond donors (Lipinski definition) is 0. The van der Waals surface area contributed by atoms with Gasteiger partial charge in [-0.3, -0.25) is 4.90 Å². The van der Waals surface area contributed by atoms with Gasteiger partial charge in [-0.1, -0.05) is 84.9 Å². The first kappa shape index (κ1) is 20.2. The van der Waals surface area contributed by atoms with Gasteiger partial charge < -0.3 is 0 Å². The van der Waals surface area contributed by atoms with E-state index in [9.17, 15) is 0 Å². The summed E-state index contributed by atoms with van der Waals surface area (Å²) in [5.74, 6) is 0.874. The lowest BCUT2D eigenvalue weighted by Gasteiger charge is -2.55. The average molecular weight is 404 g/mol. The molecule has 0 spiro atoms. The molecule has 2 heteroatoms. The van der Waals surface area contributed by atoms with Crippen LogP contribution in [-0.2, 0) is 18.4 Å². The Labute approximate surface area is 181 Å². The van der Waals surface area contributed by atoms with E-state index in [1.165, 1.54) is 49.0 Å². The van der Waals surface area contributed by atoms with E-state index in [0.29, 0.717) is 0 Å². The molecule has 0 aliphatic carbocycles. The van der Waals surface area contributed by atoms with Crippen molar-refractivity contribution in [1.29, 1.82) is 0 Å². The van der Waals surface area contributed by atoms with E-state index >= 15 is 0 Å². The number of rotatable bonds is 5. The van der Waals surface area contributed by atoms with Crippen LogP contribution >= 0.6 is 12.4 Å². The number of fused-ring (bicyclic) bond motifs is 3. The second-order valence-corrected chi connectivity index (χ2v) is 8.65. The van der Waals surface area contributed by atoms with Crippen LogP contribution in [0.5, 0.6) is 0 Å². The van der Waals surface area contributed by atoms with Crippen molar-refractivity contribution in [3.8, 4) is 0 Å². The van der Waals surface area contributed by atoms with Gasteiger partial charge in [0.15, 0.2) is 0 Å². The zero-order valence-corrected chi connectivity index (χ0v) is 17.8. The summed E-state index contributed by atoms with van der Waals surface area (Å²) < 4.78 is 0. The van der Waals surface area contributed by atoms with E-state index in [0.717, 1.165) is 18.8 Å². The van der Waals surface area contributed by atoms with Crippen molar-refractivity contribution in [2.24, 2.45) is 5.92 Å². The van der Waals surface area contributed by atoms with E-state index in [1.54, 1.807) is 5.56 Å². The SMILES string of the molecule is Cl.c1ccc(Cc2ccccc2C2(Cc3ccccc3)CC3CCN2CC3)cc1. The molecular weight excluding hydrogens is 374 g/mol. The van der Waals surface area contributed by atoms with E-state index < -0.39 is 0 Å². The molecule has 3 aromatic carbocycles. The lowest BCUT2D eigenvalue weighted by molar-refractivity contribution is -0.0341. The summed E-state index contributed by atoms with van der Waals surface area (Å²) in [4.78, 5) is 2.81. The first-order valence-electron chi connectivity index (χ1n) is 10.7. The van der Waals surface area contributed by atoms with Crippen molar-refractivity contribution in [2.45, 2.75) is 37.6 Å². The van der Waals surface area contributed by atoms with Gasteiger partial charge >= 0.3 is 0 Å². The Morgan fingerprint density at radius 2 is 1.31 bits per heavy atom. The monoisotopic (exact) mass is 403 g/mol. The van der Waals surface area contributed by atoms with Crippen LogP contribution < -0.4 is 0 Å². The van der Waals surface area contributed by atoms with Crippen molar-refractivity contribution in [3.05, 3.63) is 107 Å². The molecule has 150 valence electrons. The minimum atomic E-state index is 0. The highest BCUT2D eigenvalue weighted by molar-refractivity contribution is 5.85. The summed E-state index contributed by atoms with van der Waals surface area (Å²) in [6.07, 6.45) is 6.19. The maximum absolute atomic E-state index is 2.81. The smallest absolute Gasteiger partial charge is 0.0506 e. The Morgan fingerprint density at radius 3 is 1.93 bits per heavy atom. The molecule has 3 fully saturated rings. The summed E-state index contributed by atoms with van der Waals surface area (Å²) >= 11 is 0. The molecule has 3 aliphatic rings. The fourth-order valence-corrected chi connectivity index (χ4v) is 5.61. The van der Waals surface area contributed by atoms with E-state index in [4.69, 9.17) is 0 Å². The van der Waals surface area contributed by atoms with Gasteiger partial charge in [-0.15, -0.1) is 12.4 Å². The topological polar surface area (TPSA) is 3.24 Å². The predicted octanol–water partition coefficient (Wildman–Crippen LogP) is 6.25. The zero-order chi connectivity index (χ0) is 18.8. The minimum absolute atomic E-state index is 0. The first-order chi connectivity index (χ1) is 13.8. The summed E-state index contributed by atoms with van der Waals surface area (Å²) in [5, 5.41) is 0. The third kappa shape index (κ3) is 3.99. The van der Waals surface area contributed by atoms with Gasteiger partial charge in [-0.2, -0.15) is 0 Å². The summed E-state index contributed by atoms with van der Waals surface area (Å²) in [5.41, 5.74) is 6.07. The number of nitrogens with zero attached hydrogens (tertiary/aromatic N) is 1. The second-order valence-electron chi connectivity index (χ2n) is 8.65. The molecule has 2 bridgehead atoms. The lowest BCUT2D eigenvalue weighted by atomic mass is 9.67. The highest BCUT2D eigenvalue weighted by atomic mass is 35.5. The standard InChI is InChI=1S/C27H29N.ClH/c1-3-9-22(10-4-1)19-25-13-7-8-14-26(25)27(20-23-11-5-2-6-12-23)21-24-15-17-28(27)18-16-24;/h1-14,24H,15-21H2;1H. The van der Waals surface area contributed by atoms with Gasteiger partial charge in [0.25, 0.3) is 0 Å². The molecule has 29 heavy (non-hydrogen) atoms. The van der Waals surface area contributed by atoms with Gasteiger partial charge in [0.2, 0.25) is 0 Å². The molecule has 0 amide bonds. The van der Waals surface area contributed by atoms with Gasteiger partial charge in [0, 0.05) is 0 Å². The largest absolute Gasteiger partial charge is 0.293 e. The number of halogens is 1. The first-order valence-corrected chi connectivity index (χ1v) is 10.7. The molecule has 0 saturated carbocycles. The summed E-state index contributed by atoms with van der Waals surface area (Å²) in [7, 11) is 0. The Hall–Kier alpha value is -2.09. The quantitative estimate of drug-likeness (QED) is 0.486. The number of hydrogen-bond acceptors (Lipinski definition) is 1. The highest BCUT2D eigenvalue weighted by Gasteiger charge is 2.47. The van der Waals surface area contributed by atoms with Crippen molar-refractivity contribution >= 4 is 12.4 Å². The molecule has 0 N–H and O–H groups in total. The summed E-state index contributed by atoms with van der Waals surface area (Å²) in [6.45, 7) is 2.49. The normalized spacial score (nSPS) is 25.4. The summed E-state index contributed by atoms with van der Waals surface area (Å²) in [6, 6.07) is 31.3. The Kier molecular flexibility index (Phi) is 6.08. The predicted molar refractivity (Wildman–Crippen MR) is 124 cm³/mol. The molecule has 0 aromatic heterocycles. The molecule has 3 heterocycles. The van der Waals surface area contributed by atoms with Gasteiger partial charge in [0.05, 0.1) is 5.54 Å². The van der Waals surface area contributed by atoms with E-state index in [2.05, 4.69) is 89.8 Å². The van der Waals surface area contributed by atoms with Crippen molar-refractivity contribution in [3.63, 3.8) is 0 Å². The van der Waals surface area contributed by atoms with E-state index in [-0.39, 0.29) is 17.9 Å². The Balaban J connectivity index is 0.00000205. The molecule has 1 atom stereocenters. The maximum atomic E-state index is 2.81.